The summed E-state index contributed by atoms with van der Waals surface area (Å²) in [4.78, 5) is 44.4. The average molecular weight is 908 g/mol. The lowest BCUT2D eigenvalue weighted by molar-refractivity contribution is 0.0686. The van der Waals surface area contributed by atoms with Gasteiger partial charge in [-0.2, -0.15) is 0 Å². The molecule has 0 aliphatic carbocycles. The summed E-state index contributed by atoms with van der Waals surface area (Å²) in [6.45, 7) is 13.0. The summed E-state index contributed by atoms with van der Waals surface area (Å²) in [5.41, 5.74) is 11.1. The first-order valence-electron chi connectivity index (χ1n) is 21.6. The number of rotatable bonds is 13. The van der Waals surface area contributed by atoms with E-state index in [9.17, 15) is 9.90 Å². The number of carbonyl (C=O) groups is 2. The summed E-state index contributed by atoms with van der Waals surface area (Å²) in [5.74, 6) is -0.104. The van der Waals surface area contributed by atoms with Crippen LogP contribution >= 0.6 is 23.2 Å². The molecular formula is C52H48Cl2N6O5. The van der Waals surface area contributed by atoms with E-state index in [1.165, 1.54) is 0 Å². The van der Waals surface area contributed by atoms with Crippen molar-refractivity contribution in [3.05, 3.63) is 164 Å². The summed E-state index contributed by atoms with van der Waals surface area (Å²) in [5, 5.41) is 13.4. The quantitative estimate of drug-likeness (QED) is 0.113. The Morgan fingerprint density at radius 2 is 1.55 bits per heavy atom. The number of fused-ring (bicyclic) bond motifs is 4. The van der Waals surface area contributed by atoms with Crippen LogP contribution in [0.3, 0.4) is 0 Å². The first kappa shape index (κ1) is 43.6. The van der Waals surface area contributed by atoms with Crippen molar-refractivity contribution in [3.63, 3.8) is 0 Å². The molecule has 0 unspecified atom stereocenters. The maximum Gasteiger partial charge on any atom is 0.352 e. The fourth-order valence-corrected chi connectivity index (χ4v) is 9.70. The molecule has 8 aromatic rings. The number of carbonyl (C=O) groups excluding carboxylic acids is 1. The first-order chi connectivity index (χ1) is 31.3. The number of amides is 1. The molecule has 9 rings (SSSR count). The van der Waals surface area contributed by atoms with Gasteiger partial charge < -0.3 is 28.6 Å². The summed E-state index contributed by atoms with van der Waals surface area (Å²) >= 11 is 13.7. The highest BCUT2D eigenvalue weighted by Crippen LogP contribution is 2.46. The minimum absolute atomic E-state index is 0.0678. The molecule has 1 aliphatic heterocycles. The second-order valence-corrected chi connectivity index (χ2v) is 17.7. The third kappa shape index (κ3) is 8.19. The lowest BCUT2D eigenvalue weighted by Gasteiger charge is -2.35. The van der Waals surface area contributed by atoms with E-state index in [0.717, 1.165) is 67.0 Å². The van der Waals surface area contributed by atoms with E-state index < -0.39 is 5.97 Å². The number of nitrogens with zero attached hydrogens (tertiary/aromatic N) is 6. The molecule has 0 saturated carbocycles. The van der Waals surface area contributed by atoms with Crippen LogP contribution in [0.1, 0.15) is 85.3 Å². The number of aromatic carboxylic acids is 1. The van der Waals surface area contributed by atoms with Crippen LogP contribution in [0.25, 0.3) is 32.9 Å². The molecule has 4 aromatic carbocycles. The van der Waals surface area contributed by atoms with Crippen molar-refractivity contribution < 1.29 is 24.2 Å². The molecule has 5 heterocycles. The molecule has 4 aromatic heterocycles. The number of pyridine rings is 1. The monoisotopic (exact) mass is 906 g/mol. The molecular weight excluding hydrogens is 860 g/mol. The Balaban J connectivity index is 1.22. The van der Waals surface area contributed by atoms with Gasteiger partial charge >= 0.3 is 5.97 Å². The van der Waals surface area contributed by atoms with E-state index in [1.807, 2.05) is 113 Å². The van der Waals surface area contributed by atoms with E-state index in [-0.39, 0.29) is 37.3 Å². The van der Waals surface area contributed by atoms with E-state index in [1.54, 1.807) is 28.1 Å². The molecule has 65 heavy (non-hydrogen) atoms. The van der Waals surface area contributed by atoms with Crippen LogP contribution in [0.15, 0.2) is 97.5 Å². The Morgan fingerprint density at radius 3 is 2.26 bits per heavy atom. The van der Waals surface area contributed by atoms with Crippen molar-refractivity contribution in [2.75, 3.05) is 18.1 Å². The number of benzene rings is 4. The number of anilines is 1. The number of halogens is 2. The van der Waals surface area contributed by atoms with Crippen LogP contribution < -0.4 is 14.4 Å². The molecule has 1 N–H and O–H groups in total. The smallest absolute Gasteiger partial charge is 0.352 e. The average Bonchev–Trinajstić information content (AvgIpc) is 3.81. The molecule has 0 saturated heterocycles. The van der Waals surface area contributed by atoms with Gasteiger partial charge in [-0.1, -0.05) is 59.6 Å². The van der Waals surface area contributed by atoms with Gasteiger partial charge in [-0.25, -0.2) is 14.8 Å². The Labute approximate surface area is 387 Å². The van der Waals surface area contributed by atoms with Crippen LogP contribution in [0, 0.1) is 34.6 Å². The largest absolute Gasteiger partial charge is 0.494 e. The lowest BCUT2D eigenvalue weighted by Crippen LogP contribution is -2.43. The second kappa shape index (κ2) is 17.7. The Kier molecular flexibility index (Phi) is 11.9. The van der Waals surface area contributed by atoms with Gasteiger partial charge in [-0.15, -0.1) is 0 Å². The fourth-order valence-electron chi connectivity index (χ4n) is 9.34. The number of ether oxygens (including phenoxy) is 2. The van der Waals surface area contributed by atoms with E-state index in [0.29, 0.717) is 63.2 Å². The highest BCUT2D eigenvalue weighted by Gasteiger charge is 2.38. The normalized spacial score (nSPS) is 13.8. The number of hydrogen-bond acceptors (Lipinski definition) is 7. The van der Waals surface area contributed by atoms with E-state index in [4.69, 9.17) is 32.7 Å². The summed E-state index contributed by atoms with van der Waals surface area (Å²) in [6, 6.07) is 26.5. The molecule has 0 radical (unpaired) electrons. The third-order valence-electron chi connectivity index (χ3n) is 12.3. The van der Waals surface area contributed by atoms with Gasteiger partial charge in [-0.3, -0.25) is 9.78 Å². The van der Waals surface area contributed by atoms with Crippen molar-refractivity contribution in [3.8, 4) is 22.6 Å². The van der Waals surface area contributed by atoms with Crippen LogP contribution in [0.2, 0.25) is 10.0 Å². The number of aromatic nitrogens is 5. The third-order valence-corrected chi connectivity index (χ3v) is 13.2. The maximum absolute atomic E-state index is 15.8. The van der Waals surface area contributed by atoms with Gasteiger partial charge in [-0.05, 0) is 125 Å². The van der Waals surface area contributed by atoms with Crippen LogP contribution in [-0.4, -0.2) is 54.2 Å². The van der Waals surface area contributed by atoms with Crippen molar-refractivity contribution in [2.24, 2.45) is 0 Å². The van der Waals surface area contributed by atoms with Gasteiger partial charge in [0.2, 0.25) is 0 Å². The molecule has 330 valence electrons. The van der Waals surface area contributed by atoms with Gasteiger partial charge in [0.15, 0.2) is 0 Å². The Bertz CT molecular complexity index is 3140. The SMILES string of the molecule is Cc1ccnc(Cn2c(C(=O)O)cc3cc(OCc4ccccc4)cc(N4C[C@@H](C)n5c(c(CCCOc6cc(C)c(Cl)c(C)c6)c6ccc(Cl)c(-c7c(C)ncnc7C)c65)C4=O)c32)c1. The van der Waals surface area contributed by atoms with Crippen molar-refractivity contribution in [1.82, 2.24) is 24.1 Å². The van der Waals surface area contributed by atoms with Gasteiger partial charge in [0.1, 0.15) is 35.8 Å². The zero-order chi connectivity index (χ0) is 45.7. The lowest BCUT2D eigenvalue weighted by atomic mass is 9.97. The minimum Gasteiger partial charge on any atom is -0.494 e. The van der Waals surface area contributed by atoms with Gasteiger partial charge in [0.25, 0.3) is 5.91 Å². The van der Waals surface area contributed by atoms with Crippen LogP contribution in [0.5, 0.6) is 11.5 Å². The Hall–Kier alpha value is -6.69. The molecule has 13 heteroatoms. The molecule has 1 aliphatic rings. The minimum atomic E-state index is -1.10. The number of hydrogen-bond donors (Lipinski definition) is 1. The zero-order valence-corrected chi connectivity index (χ0v) is 38.6. The molecule has 1 atom stereocenters. The van der Waals surface area contributed by atoms with Gasteiger partial charge in [0.05, 0.1) is 40.6 Å². The first-order valence-corrected chi connectivity index (χ1v) is 22.4. The van der Waals surface area contributed by atoms with E-state index >= 15 is 4.79 Å². The number of carboxylic acids is 1. The van der Waals surface area contributed by atoms with Crippen molar-refractivity contribution in [1.29, 1.82) is 0 Å². The van der Waals surface area contributed by atoms with Crippen molar-refractivity contribution >= 4 is 62.6 Å². The summed E-state index contributed by atoms with van der Waals surface area (Å²) in [6.07, 6.45) is 4.38. The molecule has 0 bridgehead atoms. The fraction of sp³-hybridized carbons (Fsp3) is 0.250. The standard InChI is InChI=1S/C52H48Cl2N6O5/c1-29-16-17-55-37(19-29)26-58-44(52(62)63)23-36-22-39(65-27-35-11-8-7-9-12-35)24-43(48(36)58)59-25-32(4)60-49-41(14-15-42(53)46(49)45-33(5)56-28-57-34(45)6)40(50(60)51(59)61)13-10-18-64-38-20-30(2)47(54)31(3)21-38/h7-9,11-12,14-17,19-24,28,32H,10,13,18,25-27H2,1-6H3,(H,62,63)/t32-/m1/s1. The van der Waals surface area contributed by atoms with E-state index in [2.05, 4.69) is 26.4 Å². The Morgan fingerprint density at radius 1 is 0.831 bits per heavy atom. The highest BCUT2D eigenvalue weighted by atomic mass is 35.5. The molecule has 11 nitrogen and oxygen atoms in total. The topological polar surface area (TPSA) is 125 Å². The molecule has 0 fully saturated rings. The highest BCUT2D eigenvalue weighted by molar-refractivity contribution is 6.35. The van der Waals surface area contributed by atoms with Crippen molar-refractivity contribution in [2.45, 2.75) is 73.6 Å². The number of aryl methyl sites for hydroxylation is 6. The summed E-state index contributed by atoms with van der Waals surface area (Å²) < 4.78 is 16.6. The predicted molar refractivity (Wildman–Crippen MR) is 256 cm³/mol. The number of carboxylic acid groups (broad SMARTS) is 1. The second-order valence-electron chi connectivity index (χ2n) is 16.9. The summed E-state index contributed by atoms with van der Waals surface area (Å²) in [7, 11) is 0. The molecule has 1 amide bonds. The maximum atomic E-state index is 15.8. The van der Waals surface area contributed by atoms with Crippen LogP contribution in [-0.2, 0) is 19.6 Å². The van der Waals surface area contributed by atoms with Gasteiger partial charge in [0, 0.05) is 63.2 Å². The zero-order valence-electron chi connectivity index (χ0n) is 37.1. The molecule has 0 spiro atoms. The van der Waals surface area contributed by atoms with Crippen LogP contribution in [0.4, 0.5) is 5.69 Å². The predicted octanol–water partition coefficient (Wildman–Crippen LogP) is 11.9.